The van der Waals surface area contributed by atoms with E-state index in [0.29, 0.717) is 16.2 Å². The van der Waals surface area contributed by atoms with Crippen LogP contribution in [0, 0.1) is 10.1 Å². The Kier molecular flexibility index (Phi) is 7.22. The van der Waals surface area contributed by atoms with Gasteiger partial charge in [-0.25, -0.2) is 0 Å². The van der Waals surface area contributed by atoms with Gasteiger partial charge in [0.1, 0.15) is 10.7 Å². The molecule has 0 fully saturated rings. The van der Waals surface area contributed by atoms with Crippen LogP contribution >= 0.6 is 11.8 Å². The van der Waals surface area contributed by atoms with Crippen LogP contribution in [0.3, 0.4) is 0 Å². The molecule has 0 saturated heterocycles. The molecular formula is C22H22N4O4S. The van der Waals surface area contributed by atoms with E-state index in [1.54, 1.807) is 18.2 Å². The molecule has 1 heterocycles. The van der Waals surface area contributed by atoms with Gasteiger partial charge >= 0.3 is 0 Å². The minimum absolute atomic E-state index is 0.0255. The number of nitro groups is 1. The second kappa shape index (κ2) is 10.1. The monoisotopic (exact) mass is 438 g/mol. The van der Waals surface area contributed by atoms with Crippen LogP contribution in [0.15, 0.2) is 63.0 Å². The van der Waals surface area contributed by atoms with E-state index in [-0.39, 0.29) is 16.4 Å². The standard InChI is InChI=1S/C22H22N4O4S/c1-25(2)10-11-31-20-9-8-16(14-19(20)26(29)30)13-18-22(28)23-17(21(27)24-18)12-15-6-4-3-5-7-15/h3-9,12-14H,10-11H2,1-2H3,(H,23,28)(H,24,27)/b17-12-,18-13-. The van der Waals surface area contributed by atoms with Gasteiger partial charge in [0.15, 0.2) is 0 Å². The van der Waals surface area contributed by atoms with Crippen LogP contribution in [0.1, 0.15) is 11.1 Å². The molecule has 1 aromatic heterocycles. The normalized spacial score (nSPS) is 12.5. The lowest BCUT2D eigenvalue weighted by Crippen LogP contribution is -2.46. The molecule has 8 nitrogen and oxygen atoms in total. The lowest BCUT2D eigenvalue weighted by atomic mass is 10.2. The molecule has 0 amide bonds. The van der Waals surface area contributed by atoms with Gasteiger partial charge < -0.3 is 14.9 Å². The van der Waals surface area contributed by atoms with E-state index in [1.807, 2.05) is 49.3 Å². The maximum atomic E-state index is 12.5. The molecule has 0 spiro atoms. The second-order valence-electron chi connectivity index (χ2n) is 7.07. The molecule has 0 bridgehead atoms. The first-order valence-electron chi connectivity index (χ1n) is 9.50. The van der Waals surface area contributed by atoms with Gasteiger partial charge in [0.2, 0.25) is 0 Å². The fourth-order valence-electron chi connectivity index (χ4n) is 2.81. The summed E-state index contributed by atoms with van der Waals surface area (Å²) in [6, 6.07) is 13.9. The molecule has 9 heteroatoms. The lowest BCUT2D eigenvalue weighted by Gasteiger charge is -2.09. The van der Waals surface area contributed by atoms with E-state index in [9.17, 15) is 19.7 Å². The predicted octanol–water partition coefficient (Wildman–Crippen LogP) is 1.28. The Hall–Kier alpha value is -3.43. The predicted molar refractivity (Wildman–Crippen MR) is 123 cm³/mol. The third kappa shape index (κ3) is 6.03. The quantitative estimate of drug-likeness (QED) is 0.327. The average Bonchev–Trinajstić information content (AvgIpc) is 2.73. The highest BCUT2D eigenvalue weighted by molar-refractivity contribution is 7.99. The highest BCUT2D eigenvalue weighted by atomic mass is 32.2. The van der Waals surface area contributed by atoms with Crippen molar-refractivity contribution in [2.24, 2.45) is 0 Å². The Balaban J connectivity index is 1.98. The molecule has 3 rings (SSSR count). The number of aromatic amines is 2. The fraction of sp³-hybridized carbons (Fsp3) is 0.182. The van der Waals surface area contributed by atoms with Crippen LogP contribution in [0.4, 0.5) is 5.69 Å². The number of H-pyrrole nitrogens is 2. The van der Waals surface area contributed by atoms with Crippen molar-refractivity contribution in [3.63, 3.8) is 0 Å². The highest BCUT2D eigenvalue weighted by Crippen LogP contribution is 2.30. The molecule has 0 atom stereocenters. The van der Waals surface area contributed by atoms with Crippen LogP contribution in [-0.4, -0.2) is 46.2 Å². The molecule has 3 aromatic rings. The number of benzene rings is 2. The third-order valence-corrected chi connectivity index (χ3v) is 5.43. The number of thioether (sulfide) groups is 1. The van der Waals surface area contributed by atoms with E-state index < -0.39 is 16.0 Å². The summed E-state index contributed by atoms with van der Waals surface area (Å²) >= 11 is 1.40. The van der Waals surface area contributed by atoms with Crippen molar-refractivity contribution in [2.75, 3.05) is 26.4 Å². The zero-order valence-electron chi connectivity index (χ0n) is 17.1. The Morgan fingerprint density at radius 2 is 1.58 bits per heavy atom. The SMILES string of the molecule is CN(C)CCSc1ccc(/C=c2\[nH]c(=O)/c(=C/c3ccccc3)[nH]c2=O)cc1[N+](=O)[O-]. The number of nitrogens with zero attached hydrogens (tertiary/aromatic N) is 2. The average molecular weight is 439 g/mol. The number of hydrogen-bond acceptors (Lipinski definition) is 6. The zero-order chi connectivity index (χ0) is 22.4. The maximum Gasteiger partial charge on any atom is 0.283 e. The third-order valence-electron chi connectivity index (χ3n) is 4.38. The second-order valence-corrected chi connectivity index (χ2v) is 8.21. The molecule has 0 unspecified atom stereocenters. The number of nitrogens with one attached hydrogen (secondary N) is 2. The van der Waals surface area contributed by atoms with Crippen molar-refractivity contribution < 1.29 is 4.92 Å². The molecule has 2 N–H and O–H groups in total. The van der Waals surface area contributed by atoms with Gasteiger partial charge in [0.25, 0.3) is 16.8 Å². The largest absolute Gasteiger partial charge is 0.316 e. The van der Waals surface area contributed by atoms with Crippen molar-refractivity contribution in [1.29, 1.82) is 0 Å². The van der Waals surface area contributed by atoms with Gasteiger partial charge in [-0.3, -0.25) is 19.7 Å². The first-order valence-corrected chi connectivity index (χ1v) is 10.5. The van der Waals surface area contributed by atoms with Crippen LogP contribution in [-0.2, 0) is 0 Å². The number of rotatable bonds is 7. The first-order chi connectivity index (χ1) is 14.8. The summed E-state index contributed by atoms with van der Waals surface area (Å²) in [5.74, 6) is 0.712. The molecule has 31 heavy (non-hydrogen) atoms. The number of hydrogen-bond donors (Lipinski definition) is 2. The Morgan fingerprint density at radius 1 is 0.968 bits per heavy atom. The molecule has 0 aliphatic rings. The Morgan fingerprint density at radius 3 is 2.16 bits per heavy atom. The summed E-state index contributed by atoms with van der Waals surface area (Å²) in [4.78, 5) is 43.6. The summed E-state index contributed by atoms with van der Waals surface area (Å²) in [7, 11) is 3.88. The molecule has 0 radical (unpaired) electrons. The number of nitro benzene ring substituents is 1. The van der Waals surface area contributed by atoms with Gasteiger partial charge in [-0.15, -0.1) is 11.8 Å². The molecule has 160 valence electrons. The van der Waals surface area contributed by atoms with Gasteiger partial charge in [-0.05, 0) is 43.4 Å². The van der Waals surface area contributed by atoms with Crippen molar-refractivity contribution in [2.45, 2.75) is 4.90 Å². The summed E-state index contributed by atoms with van der Waals surface area (Å²) in [6.45, 7) is 0.790. The van der Waals surface area contributed by atoms with Crippen molar-refractivity contribution >= 4 is 29.6 Å². The summed E-state index contributed by atoms with van der Waals surface area (Å²) < 4.78 is 0. The van der Waals surface area contributed by atoms with Crippen LogP contribution < -0.4 is 21.8 Å². The van der Waals surface area contributed by atoms with Crippen LogP contribution in [0.25, 0.3) is 12.2 Å². The van der Waals surface area contributed by atoms with E-state index in [4.69, 9.17) is 0 Å². The van der Waals surface area contributed by atoms with Crippen LogP contribution in [0.2, 0.25) is 0 Å². The van der Waals surface area contributed by atoms with E-state index in [2.05, 4.69) is 9.97 Å². The number of aromatic nitrogens is 2. The fourth-order valence-corrected chi connectivity index (χ4v) is 3.93. The summed E-state index contributed by atoms with van der Waals surface area (Å²) in [5.41, 5.74) is 0.238. The van der Waals surface area contributed by atoms with Crippen LogP contribution in [0.5, 0.6) is 0 Å². The minimum atomic E-state index is -0.492. The smallest absolute Gasteiger partial charge is 0.283 e. The van der Waals surface area contributed by atoms with Crippen molar-refractivity contribution in [3.05, 3.63) is 101 Å². The summed E-state index contributed by atoms with van der Waals surface area (Å²) in [5, 5.41) is 11.7. The first kappa shape index (κ1) is 22.3. The molecule has 0 saturated carbocycles. The van der Waals surface area contributed by atoms with Gasteiger partial charge in [-0.2, -0.15) is 0 Å². The highest BCUT2D eigenvalue weighted by Gasteiger charge is 2.14. The van der Waals surface area contributed by atoms with Gasteiger partial charge in [0, 0.05) is 18.4 Å². The topological polar surface area (TPSA) is 112 Å². The Labute approximate surface area is 182 Å². The Bertz CT molecular complexity index is 1310. The summed E-state index contributed by atoms with van der Waals surface area (Å²) in [6.07, 6.45) is 3.00. The van der Waals surface area contributed by atoms with E-state index in [1.165, 1.54) is 23.9 Å². The molecular weight excluding hydrogens is 416 g/mol. The molecule has 2 aromatic carbocycles. The molecule has 0 aliphatic carbocycles. The van der Waals surface area contributed by atoms with Gasteiger partial charge in [0.05, 0.1) is 9.82 Å². The molecule has 0 aliphatic heterocycles. The lowest BCUT2D eigenvalue weighted by molar-refractivity contribution is -0.387. The van der Waals surface area contributed by atoms with Crippen molar-refractivity contribution in [1.82, 2.24) is 14.9 Å². The van der Waals surface area contributed by atoms with E-state index in [0.717, 1.165) is 12.1 Å². The zero-order valence-corrected chi connectivity index (χ0v) is 17.9. The minimum Gasteiger partial charge on any atom is -0.316 e. The van der Waals surface area contributed by atoms with Crippen molar-refractivity contribution in [3.8, 4) is 0 Å². The van der Waals surface area contributed by atoms with E-state index >= 15 is 0 Å². The maximum absolute atomic E-state index is 12.5. The van der Waals surface area contributed by atoms with Gasteiger partial charge in [-0.1, -0.05) is 36.4 Å².